The second-order valence-corrected chi connectivity index (χ2v) is 6.60. The number of benzene rings is 2. The highest BCUT2D eigenvalue weighted by atomic mass is 16.6. The fraction of sp³-hybridized carbons (Fsp3) is 0.0435. The van der Waals surface area contributed by atoms with Gasteiger partial charge in [0.25, 0.3) is 11.6 Å². The molecule has 4 rings (SSSR count). The number of rotatable bonds is 6. The van der Waals surface area contributed by atoms with Crippen molar-refractivity contribution in [2.24, 2.45) is 0 Å². The number of nitro benzene ring substituents is 1. The van der Waals surface area contributed by atoms with Gasteiger partial charge in [0, 0.05) is 29.8 Å². The lowest BCUT2D eigenvalue weighted by Crippen LogP contribution is -2.12. The van der Waals surface area contributed by atoms with Gasteiger partial charge in [-0.1, -0.05) is 48.5 Å². The minimum atomic E-state index is -0.478. The number of amides is 1. The SMILES string of the molecule is O=C(Nc1cccc(Cc2ccccc2)n1)c1ccc(-c2cccc([N+](=O)[O-])c2)o1. The zero-order valence-electron chi connectivity index (χ0n) is 15.8. The van der Waals surface area contributed by atoms with Gasteiger partial charge in [0.1, 0.15) is 11.6 Å². The quantitative estimate of drug-likeness (QED) is 0.360. The lowest BCUT2D eigenvalue weighted by molar-refractivity contribution is -0.384. The topological polar surface area (TPSA) is 98.3 Å². The van der Waals surface area contributed by atoms with E-state index in [4.69, 9.17) is 4.42 Å². The maximum Gasteiger partial charge on any atom is 0.292 e. The van der Waals surface area contributed by atoms with E-state index in [-0.39, 0.29) is 11.4 Å². The second-order valence-electron chi connectivity index (χ2n) is 6.60. The minimum absolute atomic E-state index is 0.0469. The number of nitro groups is 1. The van der Waals surface area contributed by atoms with Crippen LogP contribution in [-0.2, 0) is 6.42 Å². The van der Waals surface area contributed by atoms with Gasteiger partial charge in [-0.25, -0.2) is 4.98 Å². The summed E-state index contributed by atoms with van der Waals surface area (Å²) in [6, 6.07) is 24.5. The Kier molecular flexibility index (Phi) is 5.34. The van der Waals surface area contributed by atoms with Crippen LogP contribution in [-0.4, -0.2) is 15.8 Å². The first-order valence-corrected chi connectivity index (χ1v) is 9.24. The minimum Gasteiger partial charge on any atom is -0.451 e. The summed E-state index contributed by atoms with van der Waals surface area (Å²) in [4.78, 5) is 27.5. The van der Waals surface area contributed by atoms with Gasteiger partial charge in [-0.3, -0.25) is 14.9 Å². The molecular formula is C23H17N3O4. The number of pyridine rings is 1. The van der Waals surface area contributed by atoms with Crippen LogP contribution in [0.1, 0.15) is 21.8 Å². The van der Waals surface area contributed by atoms with E-state index in [0.29, 0.717) is 23.6 Å². The summed E-state index contributed by atoms with van der Waals surface area (Å²) >= 11 is 0. The van der Waals surface area contributed by atoms with Crippen LogP contribution >= 0.6 is 0 Å². The molecule has 30 heavy (non-hydrogen) atoms. The van der Waals surface area contributed by atoms with Crippen molar-refractivity contribution in [2.75, 3.05) is 5.32 Å². The predicted molar refractivity (Wildman–Crippen MR) is 112 cm³/mol. The van der Waals surface area contributed by atoms with E-state index in [1.54, 1.807) is 24.3 Å². The Balaban J connectivity index is 1.48. The molecule has 0 fully saturated rings. The van der Waals surface area contributed by atoms with E-state index >= 15 is 0 Å². The molecule has 2 heterocycles. The molecule has 0 aliphatic carbocycles. The molecule has 0 aliphatic rings. The van der Waals surface area contributed by atoms with Gasteiger partial charge in [0.15, 0.2) is 5.76 Å². The smallest absolute Gasteiger partial charge is 0.292 e. The molecule has 7 heteroatoms. The van der Waals surface area contributed by atoms with Gasteiger partial charge in [0.05, 0.1) is 4.92 Å². The standard InChI is InChI=1S/C23H17N3O4/c27-23(21-13-12-20(30-21)17-8-4-10-19(15-17)26(28)29)25-22-11-5-9-18(24-22)14-16-6-2-1-3-7-16/h1-13,15H,14H2,(H,24,25,27). The lowest BCUT2D eigenvalue weighted by atomic mass is 10.1. The molecule has 0 unspecified atom stereocenters. The Hall–Kier alpha value is -4.26. The first-order valence-electron chi connectivity index (χ1n) is 9.24. The van der Waals surface area contributed by atoms with Crippen molar-refractivity contribution in [3.05, 3.63) is 112 Å². The third kappa shape index (κ3) is 4.41. The highest BCUT2D eigenvalue weighted by Gasteiger charge is 2.15. The van der Waals surface area contributed by atoms with Gasteiger partial charge in [-0.05, 0) is 29.8 Å². The third-order valence-corrected chi connectivity index (χ3v) is 4.45. The van der Waals surface area contributed by atoms with E-state index in [1.807, 2.05) is 42.5 Å². The summed E-state index contributed by atoms with van der Waals surface area (Å²) in [7, 11) is 0. The second kappa shape index (κ2) is 8.40. The first-order chi connectivity index (χ1) is 14.6. The van der Waals surface area contributed by atoms with E-state index in [9.17, 15) is 14.9 Å². The van der Waals surface area contributed by atoms with Crippen LogP contribution in [0.4, 0.5) is 11.5 Å². The molecule has 1 amide bonds. The number of furan rings is 1. The average molecular weight is 399 g/mol. The maximum absolute atomic E-state index is 12.6. The van der Waals surface area contributed by atoms with Crippen LogP contribution in [0, 0.1) is 10.1 Å². The van der Waals surface area contributed by atoms with Crippen molar-refractivity contribution in [3.8, 4) is 11.3 Å². The molecule has 1 N–H and O–H groups in total. The molecule has 0 saturated heterocycles. The lowest BCUT2D eigenvalue weighted by Gasteiger charge is -2.06. The molecule has 0 atom stereocenters. The van der Waals surface area contributed by atoms with E-state index in [2.05, 4.69) is 10.3 Å². The molecule has 0 bridgehead atoms. The van der Waals surface area contributed by atoms with Crippen molar-refractivity contribution in [1.29, 1.82) is 0 Å². The maximum atomic E-state index is 12.6. The number of non-ortho nitro benzene ring substituents is 1. The predicted octanol–water partition coefficient (Wildman–Crippen LogP) is 5.09. The Bertz CT molecular complexity index is 1200. The zero-order chi connectivity index (χ0) is 20.9. The van der Waals surface area contributed by atoms with Crippen LogP contribution in [0.5, 0.6) is 0 Å². The fourth-order valence-electron chi connectivity index (χ4n) is 3.02. The molecule has 148 valence electrons. The van der Waals surface area contributed by atoms with E-state index in [1.165, 1.54) is 18.2 Å². The number of aromatic nitrogens is 1. The normalized spacial score (nSPS) is 10.5. The highest BCUT2D eigenvalue weighted by molar-refractivity contribution is 6.02. The number of nitrogens with one attached hydrogen (secondary N) is 1. The Labute approximate surface area is 172 Å². The Morgan fingerprint density at radius 1 is 0.967 bits per heavy atom. The van der Waals surface area contributed by atoms with Crippen molar-refractivity contribution in [3.63, 3.8) is 0 Å². The molecule has 0 aliphatic heterocycles. The molecule has 7 nitrogen and oxygen atoms in total. The summed E-state index contributed by atoms with van der Waals surface area (Å²) in [5.74, 6) is 0.430. The third-order valence-electron chi connectivity index (χ3n) is 4.45. The summed E-state index contributed by atoms with van der Waals surface area (Å²) in [5.41, 5.74) is 2.43. The summed E-state index contributed by atoms with van der Waals surface area (Å²) in [5, 5.41) is 13.7. The molecule has 0 saturated carbocycles. The molecule has 0 radical (unpaired) electrons. The Morgan fingerprint density at radius 2 is 1.77 bits per heavy atom. The zero-order valence-corrected chi connectivity index (χ0v) is 15.8. The van der Waals surface area contributed by atoms with Crippen molar-refractivity contribution >= 4 is 17.4 Å². The van der Waals surface area contributed by atoms with Gasteiger partial charge in [-0.15, -0.1) is 0 Å². The summed E-state index contributed by atoms with van der Waals surface area (Å²) < 4.78 is 5.60. The van der Waals surface area contributed by atoms with Gasteiger partial charge in [0.2, 0.25) is 0 Å². The largest absolute Gasteiger partial charge is 0.451 e. The van der Waals surface area contributed by atoms with Gasteiger partial charge >= 0.3 is 0 Å². The molecule has 4 aromatic rings. The number of hydrogen-bond donors (Lipinski definition) is 1. The van der Waals surface area contributed by atoms with Crippen LogP contribution in [0.2, 0.25) is 0 Å². The van der Waals surface area contributed by atoms with Gasteiger partial charge < -0.3 is 9.73 Å². The number of anilines is 1. The highest BCUT2D eigenvalue weighted by Crippen LogP contribution is 2.26. The average Bonchev–Trinajstić information content (AvgIpc) is 3.25. The van der Waals surface area contributed by atoms with E-state index < -0.39 is 10.8 Å². The Morgan fingerprint density at radius 3 is 2.57 bits per heavy atom. The number of carbonyl (C=O) groups is 1. The van der Waals surface area contributed by atoms with Crippen LogP contribution in [0.3, 0.4) is 0 Å². The van der Waals surface area contributed by atoms with Crippen molar-refractivity contribution < 1.29 is 14.1 Å². The molecule has 0 spiro atoms. The number of carbonyl (C=O) groups excluding carboxylic acids is 1. The molecular weight excluding hydrogens is 382 g/mol. The fourth-order valence-corrected chi connectivity index (χ4v) is 3.02. The van der Waals surface area contributed by atoms with Crippen molar-refractivity contribution in [1.82, 2.24) is 4.98 Å². The van der Waals surface area contributed by atoms with E-state index in [0.717, 1.165) is 11.3 Å². The molecule has 2 aromatic heterocycles. The van der Waals surface area contributed by atoms with Crippen molar-refractivity contribution in [2.45, 2.75) is 6.42 Å². The summed E-state index contributed by atoms with van der Waals surface area (Å²) in [6.07, 6.45) is 0.655. The van der Waals surface area contributed by atoms with Crippen LogP contribution in [0.15, 0.2) is 89.3 Å². The summed E-state index contributed by atoms with van der Waals surface area (Å²) in [6.45, 7) is 0. The number of hydrogen-bond acceptors (Lipinski definition) is 5. The van der Waals surface area contributed by atoms with Gasteiger partial charge in [-0.2, -0.15) is 0 Å². The molecule has 2 aromatic carbocycles. The van der Waals surface area contributed by atoms with Crippen LogP contribution < -0.4 is 5.32 Å². The first kappa shape index (κ1) is 19.1. The monoisotopic (exact) mass is 399 g/mol. The number of nitrogens with zero attached hydrogens (tertiary/aromatic N) is 2. The van der Waals surface area contributed by atoms with Crippen LogP contribution in [0.25, 0.3) is 11.3 Å².